The molecule has 1 heterocycles. The number of rotatable bonds is 8. The number of nitrogens with zero attached hydrogens (tertiary/aromatic N) is 3. The summed E-state index contributed by atoms with van der Waals surface area (Å²) in [7, 11) is 1.64. The van der Waals surface area contributed by atoms with Crippen LogP contribution in [0.4, 0.5) is 0 Å². The van der Waals surface area contributed by atoms with Gasteiger partial charge in [0.25, 0.3) is 0 Å². The van der Waals surface area contributed by atoms with Crippen LogP contribution in [0.1, 0.15) is 48.7 Å². The Bertz CT molecular complexity index is 1010. The Morgan fingerprint density at radius 2 is 1.71 bits per heavy atom. The third kappa shape index (κ3) is 4.87. The Balaban J connectivity index is 1.62. The Morgan fingerprint density at radius 3 is 2.35 bits per heavy atom. The number of aromatic nitrogens is 3. The molecule has 0 saturated heterocycles. The van der Waals surface area contributed by atoms with E-state index in [2.05, 4.69) is 10.3 Å². The van der Waals surface area contributed by atoms with Gasteiger partial charge in [0, 0.05) is 5.56 Å². The summed E-state index contributed by atoms with van der Waals surface area (Å²) in [4.78, 5) is 12.5. The van der Waals surface area contributed by atoms with E-state index in [9.17, 15) is 4.79 Å². The van der Waals surface area contributed by atoms with E-state index in [-0.39, 0.29) is 12.3 Å². The molecular weight excluding hydrogens is 394 g/mol. The van der Waals surface area contributed by atoms with Crippen molar-refractivity contribution in [3.05, 3.63) is 59.8 Å². The van der Waals surface area contributed by atoms with Crippen LogP contribution >= 0.6 is 0 Å². The molecule has 2 aromatic carbocycles. The number of carbonyl (C=O) groups is 1. The van der Waals surface area contributed by atoms with Gasteiger partial charge in [-0.1, -0.05) is 17.3 Å². The second-order valence-electron chi connectivity index (χ2n) is 7.56. The van der Waals surface area contributed by atoms with Gasteiger partial charge in [-0.15, -0.1) is 5.10 Å². The normalized spacial score (nSPS) is 13.9. The van der Waals surface area contributed by atoms with Crippen molar-refractivity contribution in [2.75, 3.05) is 13.7 Å². The minimum atomic E-state index is -0.482. The molecule has 0 N–H and O–H groups in total. The SMILES string of the molecule is CCOC(=O)c1nnn(Cc2ccc(OC)cc2)c1-c1ccc(OC2CCCC2)cc1. The molecule has 1 aromatic heterocycles. The first kappa shape index (κ1) is 20.9. The molecule has 1 saturated carbocycles. The minimum Gasteiger partial charge on any atom is -0.497 e. The molecule has 0 spiro atoms. The van der Waals surface area contributed by atoms with Gasteiger partial charge < -0.3 is 14.2 Å². The fourth-order valence-electron chi connectivity index (χ4n) is 3.84. The number of ether oxygens (including phenoxy) is 3. The van der Waals surface area contributed by atoms with Gasteiger partial charge in [-0.05, 0) is 74.6 Å². The molecule has 0 unspecified atom stereocenters. The number of methoxy groups -OCH3 is 1. The van der Waals surface area contributed by atoms with Gasteiger partial charge in [-0.25, -0.2) is 9.48 Å². The highest BCUT2D eigenvalue weighted by Crippen LogP contribution is 2.29. The van der Waals surface area contributed by atoms with Crippen LogP contribution in [0.5, 0.6) is 11.5 Å². The molecule has 31 heavy (non-hydrogen) atoms. The van der Waals surface area contributed by atoms with Crippen molar-refractivity contribution in [2.24, 2.45) is 0 Å². The summed E-state index contributed by atoms with van der Waals surface area (Å²) >= 11 is 0. The fraction of sp³-hybridized carbons (Fsp3) is 0.375. The molecule has 0 atom stereocenters. The zero-order valence-corrected chi connectivity index (χ0v) is 17.9. The van der Waals surface area contributed by atoms with Crippen molar-refractivity contribution in [2.45, 2.75) is 45.3 Å². The predicted octanol–water partition coefficient (Wildman–Crippen LogP) is 4.50. The summed E-state index contributed by atoms with van der Waals surface area (Å²) in [5.74, 6) is 1.14. The molecule has 1 fully saturated rings. The fourth-order valence-corrected chi connectivity index (χ4v) is 3.84. The highest BCUT2D eigenvalue weighted by Gasteiger charge is 2.23. The van der Waals surface area contributed by atoms with Crippen LogP contribution in [0.3, 0.4) is 0 Å². The molecule has 1 aliphatic rings. The van der Waals surface area contributed by atoms with Crippen LogP contribution < -0.4 is 9.47 Å². The summed E-state index contributed by atoms with van der Waals surface area (Å²) in [5.41, 5.74) is 2.69. The van der Waals surface area contributed by atoms with Crippen LogP contribution in [0.25, 0.3) is 11.3 Å². The zero-order chi connectivity index (χ0) is 21.6. The highest BCUT2D eigenvalue weighted by atomic mass is 16.5. The number of carbonyl (C=O) groups excluding carboxylic acids is 1. The quantitative estimate of drug-likeness (QED) is 0.499. The minimum absolute atomic E-state index is 0.208. The van der Waals surface area contributed by atoms with Gasteiger partial charge in [0.2, 0.25) is 0 Å². The summed E-state index contributed by atoms with van der Waals surface area (Å²) in [6.07, 6.45) is 4.95. The Hall–Kier alpha value is -3.35. The molecule has 7 nitrogen and oxygen atoms in total. The molecule has 0 bridgehead atoms. The lowest BCUT2D eigenvalue weighted by Gasteiger charge is -2.14. The largest absolute Gasteiger partial charge is 0.497 e. The molecule has 3 aromatic rings. The molecule has 0 aliphatic heterocycles. The van der Waals surface area contributed by atoms with Crippen molar-refractivity contribution in [3.8, 4) is 22.8 Å². The maximum atomic E-state index is 12.5. The maximum Gasteiger partial charge on any atom is 0.361 e. The van der Waals surface area contributed by atoms with Gasteiger partial charge in [0.15, 0.2) is 5.69 Å². The molecule has 0 radical (unpaired) electrons. The summed E-state index contributed by atoms with van der Waals surface area (Å²) in [5, 5.41) is 8.37. The highest BCUT2D eigenvalue weighted by molar-refractivity contribution is 5.94. The first-order chi connectivity index (χ1) is 15.2. The van der Waals surface area contributed by atoms with Gasteiger partial charge in [-0.2, -0.15) is 0 Å². The van der Waals surface area contributed by atoms with E-state index in [0.717, 1.165) is 35.5 Å². The molecular formula is C24H27N3O4. The number of benzene rings is 2. The Labute approximate surface area is 181 Å². The van der Waals surface area contributed by atoms with E-state index in [1.54, 1.807) is 18.7 Å². The van der Waals surface area contributed by atoms with Crippen molar-refractivity contribution in [1.82, 2.24) is 15.0 Å². The first-order valence-corrected chi connectivity index (χ1v) is 10.7. The second kappa shape index (κ2) is 9.64. The van der Waals surface area contributed by atoms with Gasteiger partial charge in [0.1, 0.15) is 17.2 Å². The van der Waals surface area contributed by atoms with Crippen LogP contribution in [0.2, 0.25) is 0 Å². The molecule has 4 rings (SSSR count). The summed E-state index contributed by atoms with van der Waals surface area (Å²) in [6, 6.07) is 15.5. The van der Waals surface area contributed by atoms with E-state index in [0.29, 0.717) is 18.3 Å². The van der Waals surface area contributed by atoms with Gasteiger partial charge in [0.05, 0.1) is 26.4 Å². The number of hydrogen-bond donors (Lipinski definition) is 0. The van der Waals surface area contributed by atoms with E-state index < -0.39 is 5.97 Å². The van der Waals surface area contributed by atoms with Crippen LogP contribution in [0.15, 0.2) is 48.5 Å². The molecule has 7 heteroatoms. The Kier molecular flexibility index (Phi) is 6.50. The third-order valence-corrected chi connectivity index (χ3v) is 5.43. The monoisotopic (exact) mass is 421 g/mol. The molecule has 0 amide bonds. The lowest BCUT2D eigenvalue weighted by Crippen LogP contribution is -2.11. The second-order valence-corrected chi connectivity index (χ2v) is 7.56. The van der Waals surface area contributed by atoms with E-state index in [4.69, 9.17) is 14.2 Å². The molecule has 1 aliphatic carbocycles. The third-order valence-electron chi connectivity index (χ3n) is 5.43. The zero-order valence-electron chi connectivity index (χ0n) is 17.9. The van der Waals surface area contributed by atoms with E-state index in [1.807, 2.05) is 48.5 Å². The number of esters is 1. The van der Waals surface area contributed by atoms with Crippen molar-refractivity contribution < 1.29 is 19.0 Å². The average molecular weight is 421 g/mol. The topological polar surface area (TPSA) is 75.5 Å². The van der Waals surface area contributed by atoms with Crippen molar-refractivity contribution >= 4 is 5.97 Å². The molecule has 162 valence electrons. The van der Waals surface area contributed by atoms with Gasteiger partial charge >= 0.3 is 5.97 Å². The van der Waals surface area contributed by atoms with Crippen LogP contribution in [-0.4, -0.2) is 40.8 Å². The summed E-state index contributed by atoms with van der Waals surface area (Å²) in [6.45, 7) is 2.51. The smallest absolute Gasteiger partial charge is 0.361 e. The van der Waals surface area contributed by atoms with Crippen molar-refractivity contribution in [3.63, 3.8) is 0 Å². The van der Waals surface area contributed by atoms with E-state index >= 15 is 0 Å². The first-order valence-electron chi connectivity index (χ1n) is 10.7. The summed E-state index contributed by atoms with van der Waals surface area (Å²) < 4.78 is 18.2. The van der Waals surface area contributed by atoms with Crippen LogP contribution in [0, 0.1) is 0 Å². The predicted molar refractivity (Wildman–Crippen MR) is 116 cm³/mol. The van der Waals surface area contributed by atoms with Crippen LogP contribution in [-0.2, 0) is 11.3 Å². The van der Waals surface area contributed by atoms with Gasteiger partial charge in [-0.3, -0.25) is 0 Å². The van der Waals surface area contributed by atoms with E-state index in [1.165, 1.54) is 12.8 Å². The maximum absolute atomic E-state index is 12.5. The average Bonchev–Trinajstić information content (AvgIpc) is 3.45. The lowest BCUT2D eigenvalue weighted by atomic mass is 10.1. The standard InChI is InChI=1S/C24H27N3O4/c1-3-30-24(28)22-23(18-10-14-21(15-11-18)31-20-6-4-5-7-20)27(26-25-22)16-17-8-12-19(29-2)13-9-17/h8-15,20H,3-7,16H2,1-2H3. The lowest BCUT2D eigenvalue weighted by molar-refractivity contribution is 0.0520. The Morgan fingerprint density at radius 1 is 1.03 bits per heavy atom. The van der Waals surface area contributed by atoms with Crippen molar-refractivity contribution in [1.29, 1.82) is 0 Å². The number of hydrogen-bond acceptors (Lipinski definition) is 6.